The number of aliphatic hydroxyl groups excluding tert-OH is 1. The summed E-state index contributed by atoms with van der Waals surface area (Å²) in [6.07, 6.45) is 1.27. The van der Waals surface area contributed by atoms with E-state index in [1.807, 2.05) is 6.07 Å². The van der Waals surface area contributed by atoms with Gasteiger partial charge >= 0.3 is 0 Å². The highest BCUT2D eigenvalue weighted by Gasteiger charge is 2.15. The van der Waals surface area contributed by atoms with Gasteiger partial charge in [0.05, 0.1) is 12.4 Å². The van der Waals surface area contributed by atoms with E-state index in [0.29, 0.717) is 26.7 Å². The van der Waals surface area contributed by atoms with Crippen LogP contribution in [0.4, 0.5) is 0 Å². The largest absolute Gasteiger partial charge is 0.457 e. The first kappa shape index (κ1) is 13.0. The Hall–Kier alpha value is -0.480. The Kier molecular flexibility index (Phi) is 4.15. The van der Waals surface area contributed by atoms with E-state index >= 15 is 0 Å². The second-order valence-electron chi connectivity index (χ2n) is 3.61. The molecular formula is C12H9BrCl2O2. The molecule has 90 valence electrons. The van der Waals surface area contributed by atoms with Gasteiger partial charge in [0.25, 0.3) is 0 Å². The van der Waals surface area contributed by atoms with Crippen molar-refractivity contribution in [2.45, 2.75) is 12.5 Å². The van der Waals surface area contributed by atoms with Crippen LogP contribution in [0.5, 0.6) is 0 Å². The number of hydrogen-bond donors (Lipinski definition) is 1. The summed E-state index contributed by atoms with van der Waals surface area (Å²) < 4.78 is 5.61. The molecule has 0 aliphatic heterocycles. The predicted octanol–water partition coefficient (Wildman–Crippen LogP) is 4.63. The Morgan fingerprint density at radius 3 is 2.65 bits per heavy atom. The molecule has 0 saturated heterocycles. The molecule has 1 atom stereocenters. The molecule has 2 nitrogen and oxygen atoms in total. The summed E-state index contributed by atoms with van der Waals surface area (Å²) in [6, 6.07) is 6.94. The van der Waals surface area contributed by atoms with Gasteiger partial charge in [0.15, 0.2) is 4.67 Å². The number of halogens is 3. The third-order valence-corrected chi connectivity index (χ3v) is 3.67. The number of benzene rings is 1. The number of furan rings is 1. The van der Waals surface area contributed by atoms with E-state index in [9.17, 15) is 5.11 Å². The monoisotopic (exact) mass is 334 g/mol. The van der Waals surface area contributed by atoms with E-state index < -0.39 is 6.10 Å². The number of rotatable bonds is 3. The quantitative estimate of drug-likeness (QED) is 0.887. The highest BCUT2D eigenvalue weighted by Crippen LogP contribution is 2.30. The number of aliphatic hydroxyl groups is 1. The van der Waals surface area contributed by atoms with Gasteiger partial charge in [-0.15, -0.1) is 0 Å². The van der Waals surface area contributed by atoms with Gasteiger partial charge in [-0.2, -0.15) is 0 Å². The van der Waals surface area contributed by atoms with Crippen molar-refractivity contribution in [3.63, 3.8) is 0 Å². The smallest absolute Gasteiger partial charge is 0.174 e. The van der Waals surface area contributed by atoms with Gasteiger partial charge < -0.3 is 9.52 Å². The summed E-state index contributed by atoms with van der Waals surface area (Å²) in [5.74, 6) is 0. The standard InChI is InChI=1S/C12H9BrCl2O2/c13-12-9(3-4-17-12)11(16)5-7-1-2-8(14)6-10(7)15/h1-4,6,11,16H,5H2. The molecule has 2 aromatic rings. The highest BCUT2D eigenvalue weighted by molar-refractivity contribution is 9.10. The molecule has 0 aliphatic carbocycles. The topological polar surface area (TPSA) is 33.4 Å². The van der Waals surface area contributed by atoms with Crippen LogP contribution in [-0.2, 0) is 6.42 Å². The zero-order valence-electron chi connectivity index (χ0n) is 8.66. The SMILES string of the molecule is OC(Cc1ccc(Cl)cc1Cl)c1ccoc1Br. The van der Waals surface area contributed by atoms with E-state index in [4.69, 9.17) is 27.6 Å². The fraction of sp³-hybridized carbons (Fsp3) is 0.167. The van der Waals surface area contributed by atoms with E-state index in [1.54, 1.807) is 18.2 Å². The second kappa shape index (κ2) is 5.44. The van der Waals surface area contributed by atoms with Crippen LogP contribution in [0.15, 0.2) is 39.6 Å². The molecular weight excluding hydrogens is 327 g/mol. The summed E-state index contributed by atoms with van der Waals surface area (Å²) in [5, 5.41) is 11.2. The Labute approximate surface area is 117 Å². The van der Waals surface area contributed by atoms with Crippen molar-refractivity contribution in [3.8, 4) is 0 Å². The minimum atomic E-state index is -0.665. The van der Waals surface area contributed by atoms with Gasteiger partial charge in [-0.05, 0) is 39.7 Å². The molecule has 1 aromatic carbocycles. The Morgan fingerprint density at radius 2 is 2.06 bits per heavy atom. The van der Waals surface area contributed by atoms with Gasteiger partial charge in [-0.1, -0.05) is 29.3 Å². The minimum absolute atomic E-state index is 0.411. The molecule has 0 saturated carbocycles. The second-order valence-corrected chi connectivity index (χ2v) is 5.17. The van der Waals surface area contributed by atoms with Crippen molar-refractivity contribution in [2.24, 2.45) is 0 Å². The van der Waals surface area contributed by atoms with Gasteiger partial charge in [0.2, 0.25) is 0 Å². The molecule has 0 bridgehead atoms. The first-order chi connectivity index (χ1) is 8.08. The summed E-state index contributed by atoms with van der Waals surface area (Å²) >= 11 is 15.1. The molecule has 0 radical (unpaired) electrons. The summed E-state index contributed by atoms with van der Waals surface area (Å²) in [7, 11) is 0. The lowest BCUT2D eigenvalue weighted by Crippen LogP contribution is -2.01. The molecule has 1 N–H and O–H groups in total. The average Bonchev–Trinajstić information content (AvgIpc) is 2.68. The summed E-state index contributed by atoms with van der Waals surface area (Å²) in [5.41, 5.74) is 1.55. The predicted molar refractivity (Wildman–Crippen MR) is 71.5 cm³/mol. The van der Waals surface area contributed by atoms with Crippen molar-refractivity contribution in [3.05, 3.63) is 56.4 Å². The van der Waals surface area contributed by atoms with Crippen molar-refractivity contribution in [1.29, 1.82) is 0 Å². The molecule has 0 spiro atoms. The normalized spacial score (nSPS) is 12.7. The van der Waals surface area contributed by atoms with Crippen molar-refractivity contribution >= 4 is 39.1 Å². The lowest BCUT2D eigenvalue weighted by atomic mass is 10.0. The van der Waals surface area contributed by atoms with Crippen LogP contribution >= 0.6 is 39.1 Å². The minimum Gasteiger partial charge on any atom is -0.457 e. The van der Waals surface area contributed by atoms with Crippen molar-refractivity contribution < 1.29 is 9.52 Å². The lowest BCUT2D eigenvalue weighted by molar-refractivity contribution is 0.176. The van der Waals surface area contributed by atoms with E-state index in [-0.39, 0.29) is 0 Å². The molecule has 0 fully saturated rings. The maximum absolute atomic E-state index is 10.1. The van der Waals surface area contributed by atoms with Gasteiger partial charge in [-0.25, -0.2) is 0 Å². The fourth-order valence-electron chi connectivity index (χ4n) is 1.55. The summed E-state index contributed by atoms with van der Waals surface area (Å²) in [6.45, 7) is 0. The lowest BCUT2D eigenvalue weighted by Gasteiger charge is -2.10. The van der Waals surface area contributed by atoms with Crippen molar-refractivity contribution in [1.82, 2.24) is 0 Å². The Bertz CT molecular complexity index is 525. The van der Waals surface area contributed by atoms with Crippen LogP contribution in [0.2, 0.25) is 10.0 Å². The van der Waals surface area contributed by atoms with E-state index in [2.05, 4.69) is 15.9 Å². The molecule has 1 unspecified atom stereocenters. The van der Waals surface area contributed by atoms with E-state index in [1.165, 1.54) is 6.26 Å². The molecule has 0 amide bonds. The Balaban J connectivity index is 2.19. The highest BCUT2D eigenvalue weighted by atomic mass is 79.9. The molecule has 1 aromatic heterocycles. The van der Waals surface area contributed by atoms with Gasteiger partial charge in [0.1, 0.15) is 0 Å². The van der Waals surface area contributed by atoms with Crippen LogP contribution in [0.3, 0.4) is 0 Å². The summed E-state index contributed by atoms with van der Waals surface area (Å²) in [4.78, 5) is 0. The Morgan fingerprint density at radius 1 is 1.29 bits per heavy atom. The maximum atomic E-state index is 10.1. The molecule has 2 rings (SSSR count). The third-order valence-electron chi connectivity index (χ3n) is 2.43. The number of hydrogen-bond acceptors (Lipinski definition) is 2. The van der Waals surface area contributed by atoms with Crippen LogP contribution in [-0.4, -0.2) is 5.11 Å². The van der Waals surface area contributed by atoms with Crippen LogP contribution in [0, 0.1) is 0 Å². The fourth-order valence-corrected chi connectivity index (χ4v) is 2.54. The third kappa shape index (κ3) is 3.05. The average molecular weight is 336 g/mol. The first-order valence-corrected chi connectivity index (χ1v) is 6.47. The van der Waals surface area contributed by atoms with E-state index in [0.717, 1.165) is 5.56 Å². The first-order valence-electron chi connectivity index (χ1n) is 4.93. The van der Waals surface area contributed by atoms with Crippen LogP contribution in [0.1, 0.15) is 17.2 Å². The van der Waals surface area contributed by atoms with Gasteiger partial charge in [0, 0.05) is 22.0 Å². The van der Waals surface area contributed by atoms with Crippen LogP contribution < -0.4 is 0 Å². The molecule has 5 heteroatoms. The zero-order chi connectivity index (χ0) is 12.4. The van der Waals surface area contributed by atoms with Gasteiger partial charge in [-0.3, -0.25) is 0 Å². The molecule has 0 aliphatic rings. The zero-order valence-corrected chi connectivity index (χ0v) is 11.8. The maximum Gasteiger partial charge on any atom is 0.174 e. The molecule has 1 heterocycles. The van der Waals surface area contributed by atoms with Crippen LogP contribution in [0.25, 0.3) is 0 Å². The molecule has 17 heavy (non-hydrogen) atoms. The van der Waals surface area contributed by atoms with Crippen molar-refractivity contribution in [2.75, 3.05) is 0 Å².